The molecule has 0 radical (unpaired) electrons. The van der Waals surface area contributed by atoms with E-state index in [0.717, 1.165) is 43.5 Å². The smallest absolute Gasteiger partial charge is 0.240 e. The summed E-state index contributed by atoms with van der Waals surface area (Å²) in [6, 6.07) is 5.41. The molecule has 4 nitrogen and oxygen atoms in total. The number of hydrogen-bond donors (Lipinski definition) is 2. The molecule has 1 aliphatic carbocycles. The Bertz CT molecular complexity index is 634. The highest BCUT2D eigenvalue weighted by atomic mass is 32.2. The number of benzene rings is 1. The van der Waals surface area contributed by atoms with Crippen LogP contribution in [0.1, 0.15) is 38.7 Å². The molecule has 1 saturated carbocycles. The van der Waals surface area contributed by atoms with E-state index in [4.69, 9.17) is 0 Å². The third-order valence-corrected chi connectivity index (χ3v) is 6.46. The van der Waals surface area contributed by atoms with E-state index in [-0.39, 0.29) is 5.41 Å². The summed E-state index contributed by atoms with van der Waals surface area (Å²) in [4.78, 5) is 0.393. The number of rotatable bonds is 5. The normalized spacial score (nSPS) is 20.0. The van der Waals surface area contributed by atoms with Crippen LogP contribution in [0.4, 0.5) is 5.69 Å². The monoisotopic (exact) mass is 308 g/mol. The van der Waals surface area contributed by atoms with Gasteiger partial charge in [-0.3, -0.25) is 0 Å². The second-order valence-electron chi connectivity index (χ2n) is 6.69. The van der Waals surface area contributed by atoms with Crippen LogP contribution in [0.2, 0.25) is 0 Å². The van der Waals surface area contributed by atoms with Gasteiger partial charge in [0.05, 0.1) is 4.90 Å². The van der Waals surface area contributed by atoms with Crippen molar-refractivity contribution in [2.75, 3.05) is 18.4 Å². The molecular weight excluding hydrogens is 284 g/mol. The van der Waals surface area contributed by atoms with E-state index >= 15 is 0 Å². The molecule has 1 aliphatic heterocycles. The minimum absolute atomic E-state index is 0.183. The zero-order valence-corrected chi connectivity index (χ0v) is 13.6. The number of nitrogens with one attached hydrogen (secondary N) is 2. The predicted molar refractivity (Wildman–Crippen MR) is 84.9 cm³/mol. The minimum atomic E-state index is -3.40. The predicted octanol–water partition coefficient (Wildman–Crippen LogP) is 2.76. The summed E-state index contributed by atoms with van der Waals surface area (Å²) in [5.41, 5.74) is 2.36. The van der Waals surface area contributed by atoms with Gasteiger partial charge in [0.25, 0.3) is 0 Å². The molecule has 5 heteroatoms. The molecule has 1 aromatic rings. The first-order chi connectivity index (χ1) is 9.93. The minimum Gasteiger partial charge on any atom is -0.385 e. The molecule has 0 aromatic heterocycles. The molecule has 0 bridgehead atoms. The van der Waals surface area contributed by atoms with Crippen molar-refractivity contribution in [1.29, 1.82) is 0 Å². The van der Waals surface area contributed by atoms with Gasteiger partial charge in [-0.2, -0.15) is 0 Å². The summed E-state index contributed by atoms with van der Waals surface area (Å²) in [5.74, 6) is 0.521. The molecule has 0 spiro atoms. The van der Waals surface area contributed by atoms with E-state index in [1.807, 2.05) is 12.1 Å². The quantitative estimate of drug-likeness (QED) is 0.879. The average Bonchev–Trinajstić information content (AvgIpc) is 3.26. The molecule has 0 atom stereocenters. The van der Waals surface area contributed by atoms with Crippen LogP contribution in [0, 0.1) is 11.3 Å². The Labute approximate surface area is 127 Å². The van der Waals surface area contributed by atoms with Gasteiger partial charge in [0, 0.05) is 18.8 Å². The van der Waals surface area contributed by atoms with E-state index in [0.29, 0.717) is 17.4 Å². The Morgan fingerprint density at radius 3 is 2.76 bits per heavy atom. The average molecular weight is 308 g/mol. The highest BCUT2D eigenvalue weighted by Gasteiger charge is 2.45. The summed E-state index contributed by atoms with van der Waals surface area (Å²) in [5, 5.41) is 3.31. The molecule has 1 heterocycles. The Morgan fingerprint density at radius 2 is 2.10 bits per heavy atom. The van der Waals surface area contributed by atoms with Crippen LogP contribution in [0.5, 0.6) is 0 Å². The first-order valence-corrected chi connectivity index (χ1v) is 9.28. The van der Waals surface area contributed by atoms with Gasteiger partial charge >= 0.3 is 0 Å². The summed E-state index contributed by atoms with van der Waals surface area (Å²) in [6.45, 7) is 5.87. The molecule has 3 rings (SSSR count). The molecule has 116 valence electrons. The topological polar surface area (TPSA) is 58.2 Å². The molecule has 1 aromatic carbocycles. The van der Waals surface area contributed by atoms with E-state index < -0.39 is 10.0 Å². The maximum absolute atomic E-state index is 12.5. The first kappa shape index (κ1) is 14.9. The van der Waals surface area contributed by atoms with Crippen molar-refractivity contribution in [3.63, 3.8) is 0 Å². The fourth-order valence-electron chi connectivity index (χ4n) is 3.06. The molecular formula is C16H24N2O2S. The summed E-state index contributed by atoms with van der Waals surface area (Å²) >= 11 is 0. The number of aryl methyl sites for hydroxylation is 1. The van der Waals surface area contributed by atoms with Gasteiger partial charge in [-0.15, -0.1) is 0 Å². The lowest BCUT2D eigenvalue weighted by Gasteiger charge is -2.21. The van der Waals surface area contributed by atoms with Crippen molar-refractivity contribution in [2.45, 2.75) is 44.4 Å². The third-order valence-electron chi connectivity index (χ3n) is 5.06. The van der Waals surface area contributed by atoms with Gasteiger partial charge in [0.2, 0.25) is 10.0 Å². The van der Waals surface area contributed by atoms with E-state index in [1.54, 1.807) is 6.07 Å². The maximum atomic E-state index is 12.5. The number of anilines is 1. The van der Waals surface area contributed by atoms with E-state index in [2.05, 4.69) is 23.9 Å². The molecule has 21 heavy (non-hydrogen) atoms. The largest absolute Gasteiger partial charge is 0.385 e. The van der Waals surface area contributed by atoms with Gasteiger partial charge in [-0.25, -0.2) is 13.1 Å². The molecule has 1 fully saturated rings. The Morgan fingerprint density at radius 1 is 1.33 bits per heavy atom. The lowest BCUT2D eigenvalue weighted by Crippen LogP contribution is -2.32. The third kappa shape index (κ3) is 2.94. The lowest BCUT2D eigenvalue weighted by molar-refractivity contribution is 0.357. The Kier molecular flexibility index (Phi) is 3.74. The maximum Gasteiger partial charge on any atom is 0.240 e. The van der Waals surface area contributed by atoms with Crippen molar-refractivity contribution >= 4 is 15.7 Å². The van der Waals surface area contributed by atoms with Crippen LogP contribution in [-0.2, 0) is 16.4 Å². The van der Waals surface area contributed by atoms with Gasteiger partial charge < -0.3 is 5.32 Å². The highest BCUT2D eigenvalue weighted by Crippen LogP contribution is 2.51. The van der Waals surface area contributed by atoms with Crippen LogP contribution in [0.3, 0.4) is 0 Å². The van der Waals surface area contributed by atoms with Gasteiger partial charge in [0.15, 0.2) is 0 Å². The van der Waals surface area contributed by atoms with Crippen molar-refractivity contribution < 1.29 is 8.42 Å². The van der Waals surface area contributed by atoms with Crippen LogP contribution < -0.4 is 10.0 Å². The molecule has 0 amide bonds. The highest BCUT2D eigenvalue weighted by molar-refractivity contribution is 7.89. The number of sulfonamides is 1. The van der Waals surface area contributed by atoms with Crippen molar-refractivity contribution in [2.24, 2.45) is 11.3 Å². The molecule has 0 unspecified atom stereocenters. The van der Waals surface area contributed by atoms with Crippen LogP contribution in [0.25, 0.3) is 0 Å². The number of fused-ring (bicyclic) bond motifs is 1. The standard InChI is InChI=1S/C16H24N2O2S/c1-12(2)16(7-8-16)11-18-21(19,20)14-5-6-15-13(10-14)4-3-9-17-15/h5-6,10,12,17-18H,3-4,7-9,11H2,1-2H3. The zero-order valence-electron chi connectivity index (χ0n) is 12.8. The molecule has 2 aliphatic rings. The summed E-state index contributed by atoms with van der Waals surface area (Å²) < 4.78 is 27.8. The van der Waals surface area contributed by atoms with Gasteiger partial charge in [0.1, 0.15) is 0 Å². The first-order valence-electron chi connectivity index (χ1n) is 7.79. The van der Waals surface area contributed by atoms with E-state index in [1.165, 1.54) is 0 Å². The van der Waals surface area contributed by atoms with E-state index in [9.17, 15) is 8.42 Å². The van der Waals surface area contributed by atoms with Crippen LogP contribution in [-0.4, -0.2) is 21.5 Å². The SMILES string of the molecule is CC(C)C1(CNS(=O)(=O)c2ccc3c(c2)CCCN3)CC1. The van der Waals surface area contributed by atoms with Crippen molar-refractivity contribution in [1.82, 2.24) is 4.72 Å². The summed E-state index contributed by atoms with van der Waals surface area (Å²) in [6.07, 6.45) is 4.25. The second-order valence-corrected chi connectivity index (χ2v) is 8.46. The Balaban J connectivity index is 1.76. The zero-order chi connectivity index (χ0) is 15.1. The van der Waals surface area contributed by atoms with Crippen LogP contribution in [0.15, 0.2) is 23.1 Å². The Hall–Kier alpha value is -1.07. The van der Waals surface area contributed by atoms with Gasteiger partial charge in [-0.05, 0) is 60.8 Å². The van der Waals surface area contributed by atoms with Crippen molar-refractivity contribution in [3.05, 3.63) is 23.8 Å². The number of hydrogen-bond acceptors (Lipinski definition) is 3. The second kappa shape index (κ2) is 5.29. The van der Waals surface area contributed by atoms with Crippen LogP contribution >= 0.6 is 0 Å². The van der Waals surface area contributed by atoms with Gasteiger partial charge in [-0.1, -0.05) is 13.8 Å². The molecule has 0 saturated heterocycles. The summed E-state index contributed by atoms with van der Waals surface area (Å²) in [7, 11) is -3.40. The lowest BCUT2D eigenvalue weighted by atomic mass is 9.93. The fraction of sp³-hybridized carbons (Fsp3) is 0.625. The fourth-order valence-corrected chi connectivity index (χ4v) is 4.25. The molecule has 2 N–H and O–H groups in total. The van der Waals surface area contributed by atoms with Crippen molar-refractivity contribution in [3.8, 4) is 0 Å².